The van der Waals surface area contributed by atoms with E-state index in [1.54, 1.807) is 14.2 Å². The number of benzene rings is 1. The fourth-order valence-electron chi connectivity index (χ4n) is 2.01. The third-order valence-corrected chi connectivity index (χ3v) is 4.13. The molecule has 1 aliphatic heterocycles. The van der Waals surface area contributed by atoms with Crippen LogP contribution in [0, 0.1) is 6.08 Å². The van der Waals surface area contributed by atoms with Gasteiger partial charge in [-0.2, -0.15) is 0 Å². The van der Waals surface area contributed by atoms with Gasteiger partial charge in [-0.1, -0.05) is 26.8 Å². The maximum absolute atomic E-state index is 11.9. The summed E-state index contributed by atoms with van der Waals surface area (Å²) in [5.41, 5.74) is 1.61. The van der Waals surface area contributed by atoms with Crippen LogP contribution in [-0.2, 0) is 42.2 Å². The van der Waals surface area contributed by atoms with Gasteiger partial charge in [-0.3, -0.25) is 4.79 Å². The van der Waals surface area contributed by atoms with Crippen LogP contribution in [-0.4, -0.2) is 43.6 Å². The molecule has 22 heavy (non-hydrogen) atoms. The number of methoxy groups -OCH3 is 1. The van der Waals surface area contributed by atoms with Gasteiger partial charge in [0.2, 0.25) is 5.91 Å². The van der Waals surface area contributed by atoms with E-state index in [-0.39, 0.29) is 38.6 Å². The van der Waals surface area contributed by atoms with E-state index in [0.29, 0.717) is 19.6 Å². The number of halogens is 2. The molecule has 7 heteroatoms. The minimum absolute atomic E-state index is 0. The van der Waals surface area contributed by atoms with Crippen molar-refractivity contribution in [3.05, 3.63) is 34.3 Å². The zero-order valence-electron chi connectivity index (χ0n) is 12.4. The monoisotopic (exact) mass is 461 g/mol. The Bertz CT molecular complexity index is 568. The van der Waals surface area contributed by atoms with Crippen molar-refractivity contribution in [2.24, 2.45) is 0 Å². The number of allylic oxidation sites excluding steroid dienone is 1. The van der Waals surface area contributed by atoms with E-state index in [1.165, 1.54) is 4.90 Å². The van der Waals surface area contributed by atoms with Crippen molar-refractivity contribution in [3.63, 3.8) is 0 Å². The molecule has 1 aromatic rings. The van der Waals surface area contributed by atoms with Crippen molar-refractivity contribution in [2.75, 3.05) is 27.4 Å². The van der Waals surface area contributed by atoms with E-state index in [2.05, 4.69) is 22.0 Å². The van der Waals surface area contributed by atoms with Gasteiger partial charge in [0.15, 0.2) is 0 Å². The van der Waals surface area contributed by atoms with Crippen LogP contribution in [0.2, 0.25) is 0 Å². The van der Waals surface area contributed by atoms with Crippen LogP contribution in [0.4, 0.5) is 0 Å². The first-order valence-corrected chi connectivity index (χ1v) is 7.71. The summed E-state index contributed by atoms with van der Waals surface area (Å²) in [5, 5.41) is -0.533. The molecular weight excluding hydrogens is 446 g/mol. The fourth-order valence-corrected chi connectivity index (χ4v) is 2.78. The van der Waals surface area contributed by atoms with Crippen molar-refractivity contribution < 1.29 is 47.0 Å². The molecule has 0 N–H and O–H groups in total. The minimum Gasteiger partial charge on any atom is -0.491 e. The Morgan fingerprint density at radius 3 is 2.82 bits per heavy atom. The third-order valence-electron chi connectivity index (χ3n) is 3.13. The first-order valence-electron chi connectivity index (χ1n) is 6.48. The van der Waals surface area contributed by atoms with Crippen molar-refractivity contribution in [1.82, 2.24) is 4.90 Å². The summed E-state index contributed by atoms with van der Waals surface area (Å²) in [4.78, 5) is 13.5. The normalized spacial score (nSPS) is 17.8. The van der Waals surface area contributed by atoms with Gasteiger partial charge >= 0.3 is 0 Å². The first-order chi connectivity index (χ1) is 10.0. The van der Waals surface area contributed by atoms with Crippen LogP contribution in [0.15, 0.2) is 22.7 Å². The largest absolute Gasteiger partial charge is 0.491 e. The molecule has 2 rings (SSSR count). The van der Waals surface area contributed by atoms with Crippen molar-refractivity contribution in [1.29, 1.82) is 0 Å². The number of hydrogen-bond acceptors (Lipinski definition) is 3. The second kappa shape index (κ2) is 9.38. The van der Waals surface area contributed by atoms with Crippen LogP contribution in [0.1, 0.15) is 12.0 Å². The number of carbonyl (C=O) groups excluding carboxylic acids is 1. The van der Waals surface area contributed by atoms with Gasteiger partial charge in [0, 0.05) is 46.9 Å². The molecule has 1 aromatic carbocycles. The number of carbonyl (C=O) groups is 1. The molecule has 1 atom stereocenters. The Labute approximate surface area is 169 Å². The molecule has 1 aliphatic rings. The number of hydrogen-bond donors (Lipinski definition) is 0. The molecule has 0 aliphatic carbocycles. The minimum atomic E-state index is -0.533. The van der Waals surface area contributed by atoms with E-state index in [4.69, 9.17) is 21.1 Å². The van der Waals surface area contributed by atoms with Crippen LogP contribution in [0.25, 0.3) is 5.70 Å². The molecule has 117 valence electrons. The van der Waals surface area contributed by atoms with Gasteiger partial charge in [0.1, 0.15) is 17.7 Å². The van der Waals surface area contributed by atoms with E-state index in [1.807, 2.05) is 18.2 Å². The molecule has 0 saturated carbocycles. The van der Waals surface area contributed by atoms with Crippen LogP contribution in [0.3, 0.4) is 0 Å². The second-order valence-electron chi connectivity index (χ2n) is 4.58. The molecule has 0 saturated heterocycles. The smallest absolute Gasteiger partial charge is 0.240 e. The topological polar surface area (TPSA) is 38.8 Å². The van der Waals surface area contributed by atoms with Crippen molar-refractivity contribution in [3.8, 4) is 5.75 Å². The van der Waals surface area contributed by atoms with E-state index in [9.17, 15) is 4.79 Å². The summed E-state index contributed by atoms with van der Waals surface area (Å²) in [6.07, 6.45) is 3.59. The summed E-state index contributed by atoms with van der Waals surface area (Å²) in [7, 11) is 3.33. The maximum Gasteiger partial charge on any atom is 0.240 e. The molecule has 0 aromatic heterocycles. The van der Waals surface area contributed by atoms with Gasteiger partial charge in [0.05, 0.1) is 6.61 Å². The summed E-state index contributed by atoms with van der Waals surface area (Å²) < 4.78 is 11.3. The fraction of sp³-hybridized carbons (Fsp3) is 0.400. The molecular formula is C15H16BrClNO3Y-. The summed E-state index contributed by atoms with van der Waals surface area (Å²) >= 11 is 9.45. The first kappa shape index (κ1) is 20.1. The Morgan fingerprint density at radius 2 is 2.18 bits per heavy atom. The van der Waals surface area contributed by atoms with Gasteiger partial charge in [-0.15, -0.1) is 28.9 Å². The number of alkyl halides is 1. The molecule has 1 heterocycles. The van der Waals surface area contributed by atoms with Crippen LogP contribution < -0.4 is 4.74 Å². The quantitative estimate of drug-likeness (QED) is 0.384. The Balaban J connectivity index is 0.00000242. The molecule has 4 nitrogen and oxygen atoms in total. The average molecular weight is 463 g/mol. The summed E-state index contributed by atoms with van der Waals surface area (Å²) in [5.74, 6) is 0.626. The van der Waals surface area contributed by atoms with Crippen LogP contribution >= 0.6 is 27.5 Å². The predicted octanol–water partition coefficient (Wildman–Crippen LogP) is 3.09. The number of rotatable bonds is 5. The molecule has 1 amide bonds. The second-order valence-corrected chi connectivity index (χ2v) is 5.96. The Morgan fingerprint density at radius 1 is 1.45 bits per heavy atom. The maximum atomic E-state index is 11.9. The van der Waals surface area contributed by atoms with Gasteiger partial charge in [-0.25, -0.2) is 6.08 Å². The zero-order chi connectivity index (χ0) is 15.4. The van der Waals surface area contributed by atoms with Gasteiger partial charge in [0.25, 0.3) is 0 Å². The average Bonchev–Trinajstić information content (AvgIpc) is 2.46. The van der Waals surface area contributed by atoms with E-state index >= 15 is 0 Å². The Kier molecular flexibility index (Phi) is 8.58. The van der Waals surface area contributed by atoms with Gasteiger partial charge in [-0.05, 0) is 12.1 Å². The van der Waals surface area contributed by atoms with E-state index < -0.39 is 5.38 Å². The predicted molar refractivity (Wildman–Crippen MR) is 85.2 cm³/mol. The standard InChI is InChI=1S/C15H16BrClNO3.Y/c1-18-14(6-5-13(17)15(18)19)11-4-3-10(9-12(11)16)21-8-7-20-2;/h3-4,9,13H,5,7-8H2,1-2H3;/q-1;. The molecule has 0 spiro atoms. The Hall–Kier alpha value is 0.0639. The number of nitrogens with zero attached hydrogens (tertiary/aromatic N) is 1. The van der Waals surface area contributed by atoms with Crippen molar-refractivity contribution >= 4 is 39.1 Å². The SMILES string of the molecule is COCCOc1ccc(C2=[C-]CC(Cl)C(=O)N2C)c(Br)c1.[Y]. The van der Waals surface area contributed by atoms with Crippen LogP contribution in [0.5, 0.6) is 5.75 Å². The molecule has 0 fully saturated rings. The third kappa shape index (κ3) is 4.78. The van der Waals surface area contributed by atoms with Gasteiger partial charge < -0.3 is 14.4 Å². The zero-order valence-corrected chi connectivity index (χ0v) is 17.6. The molecule has 1 radical (unpaired) electrons. The number of amides is 1. The molecule has 0 bridgehead atoms. The molecule has 1 unspecified atom stereocenters. The number of ether oxygens (including phenoxy) is 2. The summed E-state index contributed by atoms with van der Waals surface area (Å²) in [6, 6.07) is 5.62. The van der Waals surface area contributed by atoms with Crippen molar-refractivity contribution in [2.45, 2.75) is 11.8 Å². The van der Waals surface area contributed by atoms with E-state index in [0.717, 1.165) is 21.5 Å². The summed E-state index contributed by atoms with van der Waals surface area (Å²) in [6.45, 7) is 1.02.